The van der Waals surface area contributed by atoms with Gasteiger partial charge >= 0.3 is 6.03 Å². The molecule has 0 aromatic carbocycles. The van der Waals surface area contributed by atoms with Crippen molar-refractivity contribution in [2.75, 3.05) is 13.1 Å². The molecule has 1 aliphatic heterocycles. The van der Waals surface area contributed by atoms with Crippen LogP contribution in [0.3, 0.4) is 0 Å². The van der Waals surface area contributed by atoms with E-state index in [9.17, 15) is 9.59 Å². The quantitative estimate of drug-likeness (QED) is 0.759. The molecule has 1 spiro atoms. The molecule has 0 radical (unpaired) electrons. The summed E-state index contributed by atoms with van der Waals surface area (Å²) >= 11 is 0. The van der Waals surface area contributed by atoms with Gasteiger partial charge < -0.3 is 10.6 Å². The second kappa shape index (κ2) is 5.49. The molecule has 0 bridgehead atoms. The molecule has 5 nitrogen and oxygen atoms in total. The summed E-state index contributed by atoms with van der Waals surface area (Å²) in [5, 5.41) is 6.18. The number of nitrogens with one attached hydrogen (secondary N) is 2. The number of carbonyl (C=O) groups excluding carboxylic acids is 2. The zero-order valence-corrected chi connectivity index (χ0v) is 12.2. The van der Waals surface area contributed by atoms with E-state index in [4.69, 9.17) is 0 Å². The zero-order chi connectivity index (χ0) is 14.0. The molecule has 0 aromatic rings. The zero-order valence-electron chi connectivity index (χ0n) is 12.2. The van der Waals surface area contributed by atoms with Gasteiger partial charge in [0.25, 0.3) is 5.91 Å². The van der Waals surface area contributed by atoms with Gasteiger partial charge in [0, 0.05) is 19.1 Å². The van der Waals surface area contributed by atoms with Crippen molar-refractivity contribution in [3.63, 3.8) is 0 Å². The van der Waals surface area contributed by atoms with Gasteiger partial charge in [0.05, 0.1) is 0 Å². The van der Waals surface area contributed by atoms with Crippen LogP contribution in [0, 0.1) is 5.92 Å². The fraction of sp³-hybridized carbons (Fsp3) is 0.857. The lowest BCUT2D eigenvalue weighted by Crippen LogP contribution is -2.49. The van der Waals surface area contributed by atoms with Gasteiger partial charge in [0.1, 0.15) is 5.54 Å². The first kappa shape index (κ1) is 14.3. The first-order valence-electron chi connectivity index (χ1n) is 7.32. The second-order valence-corrected chi connectivity index (χ2v) is 6.26. The van der Waals surface area contributed by atoms with Gasteiger partial charge in [-0.05, 0) is 31.6 Å². The van der Waals surface area contributed by atoms with Crippen LogP contribution in [-0.2, 0) is 4.79 Å². The topological polar surface area (TPSA) is 61.4 Å². The molecule has 1 aliphatic carbocycles. The van der Waals surface area contributed by atoms with Crippen LogP contribution in [0.2, 0.25) is 0 Å². The molecule has 1 saturated carbocycles. The molecule has 0 aromatic heterocycles. The highest BCUT2D eigenvalue weighted by Crippen LogP contribution is 2.36. The van der Waals surface area contributed by atoms with Gasteiger partial charge in [0.15, 0.2) is 0 Å². The number of hydrogen-bond acceptors (Lipinski definition) is 3. The fourth-order valence-electron chi connectivity index (χ4n) is 2.94. The third-order valence-corrected chi connectivity index (χ3v) is 4.26. The predicted molar refractivity (Wildman–Crippen MR) is 73.7 cm³/mol. The van der Waals surface area contributed by atoms with Gasteiger partial charge in [-0.2, -0.15) is 0 Å². The molecular weight excluding hydrogens is 242 g/mol. The summed E-state index contributed by atoms with van der Waals surface area (Å²) in [6.07, 6.45) is 3.61. The smallest absolute Gasteiger partial charge is 0.323 e. The number of carbonyl (C=O) groups is 2. The first-order valence-corrected chi connectivity index (χ1v) is 7.32. The van der Waals surface area contributed by atoms with E-state index in [-0.39, 0.29) is 11.9 Å². The number of hydrogen-bond donors (Lipinski definition) is 2. The third-order valence-electron chi connectivity index (χ3n) is 4.26. The molecule has 1 heterocycles. The van der Waals surface area contributed by atoms with Crippen LogP contribution >= 0.6 is 0 Å². The van der Waals surface area contributed by atoms with Gasteiger partial charge in [0.2, 0.25) is 0 Å². The number of nitrogens with zero attached hydrogens (tertiary/aromatic N) is 1. The van der Waals surface area contributed by atoms with Crippen molar-refractivity contribution >= 4 is 11.9 Å². The third kappa shape index (κ3) is 2.91. The van der Waals surface area contributed by atoms with Gasteiger partial charge in [-0.3, -0.25) is 9.69 Å². The van der Waals surface area contributed by atoms with Crippen molar-refractivity contribution in [3.05, 3.63) is 0 Å². The Hall–Kier alpha value is -1.10. The number of imide groups is 1. The fourth-order valence-corrected chi connectivity index (χ4v) is 2.94. The van der Waals surface area contributed by atoms with E-state index in [1.54, 1.807) is 0 Å². The Bertz CT molecular complexity index is 360. The minimum atomic E-state index is -0.596. The highest BCUT2D eigenvalue weighted by molar-refractivity contribution is 6.07. The first-order chi connectivity index (χ1) is 8.94. The van der Waals surface area contributed by atoms with Crippen LogP contribution in [0.5, 0.6) is 0 Å². The maximum atomic E-state index is 12.5. The van der Waals surface area contributed by atoms with E-state index in [1.807, 2.05) is 0 Å². The van der Waals surface area contributed by atoms with Crippen molar-refractivity contribution in [2.24, 2.45) is 5.92 Å². The summed E-state index contributed by atoms with van der Waals surface area (Å²) in [5.74, 6) is 0.641. The minimum Gasteiger partial charge on any atom is -0.323 e. The summed E-state index contributed by atoms with van der Waals surface area (Å²) in [5.41, 5.74) is -0.596. The SMILES string of the molecule is CC1CCC2(CC1)NC(=O)N(CCNC(C)C)C2=O. The predicted octanol–water partition coefficient (Wildman–Crippen LogP) is 1.49. The van der Waals surface area contributed by atoms with Gasteiger partial charge in [-0.15, -0.1) is 0 Å². The second-order valence-electron chi connectivity index (χ2n) is 6.26. The standard InChI is InChI=1S/C14H25N3O2/c1-10(2)15-8-9-17-12(18)14(16-13(17)19)6-4-11(3)5-7-14/h10-11,15H,4-9H2,1-3H3,(H,16,19). The Morgan fingerprint density at radius 1 is 1.37 bits per heavy atom. The Morgan fingerprint density at radius 2 is 2.00 bits per heavy atom. The molecule has 2 rings (SSSR count). The van der Waals surface area contributed by atoms with Gasteiger partial charge in [-0.1, -0.05) is 20.8 Å². The highest BCUT2D eigenvalue weighted by atomic mass is 16.2. The molecule has 5 heteroatoms. The molecule has 108 valence electrons. The van der Waals surface area contributed by atoms with Crippen LogP contribution in [0.15, 0.2) is 0 Å². The molecule has 2 N–H and O–H groups in total. The van der Waals surface area contributed by atoms with Gasteiger partial charge in [-0.25, -0.2) is 4.79 Å². The van der Waals surface area contributed by atoms with Crippen molar-refractivity contribution in [2.45, 2.75) is 58.0 Å². The van der Waals surface area contributed by atoms with Crippen LogP contribution in [0.1, 0.15) is 46.5 Å². The largest absolute Gasteiger partial charge is 0.325 e. The molecule has 2 aliphatic rings. The van der Waals surface area contributed by atoms with E-state index in [0.29, 0.717) is 25.0 Å². The van der Waals surface area contributed by atoms with E-state index < -0.39 is 5.54 Å². The molecular formula is C14H25N3O2. The summed E-state index contributed by atoms with van der Waals surface area (Å²) < 4.78 is 0. The van der Waals surface area contributed by atoms with E-state index in [0.717, 1.165) is 25.7 Å². The Balaban J connectivity index is 1.96. The lowest BCUT2D eigenvalue weighted by Gasteiger charge is -2.33. The Morgan fingerprint density at radius 3 is 2.58 bits per heavy atom. The number of amides is 3. The van der Waals surface area contributed by atoms with Crippen molar-refractivity contribution in [3.8, 4) is 0 Å². The Kier molecular flexibility index (Phi) is 4.13. The van der Waals surface area contributed by atoms with E-state index >= 15 is 0 Å². The average molecular weight is 267 g/mol. The summed E-state index contributed by atoms with van der Waals surface area (Å²) in [6, 6.07) is 0.148. The summed E-state index contributed by atoms with van der Waals surface area (Å²) in [4.78, 5) is 25.9. The molecule has 19 heavy (non-hydrogen) atoms. The maximum absolute atomic E-state index is 12.5. The van der Waals surface area contributed by atoms with Crippen molar-refractivity contribution < 1.29 is 9.59 Å². The highest BCUT2D eigenvalue weighted by Gasteiger charge is 2.51. The summed E-state index contributed by atoms with van der Waals surface area (Å²) in [6.45, 7) is 7.42. The van der Waals surface area contributed by atoms with Crippen molar-refractivity contribution in [1.82, 2.24) is 15.5 Å². The van der Waals surface area contributed by atoms with Crippen LogP contribution < -0.4 is 10.6 Å². The molecule has 0 atom stereocenters. The van der Waals surface area contributed by atoms with Crippen LogP contribution in [-0.4, -0.2) is 41.5 Å². The summed E-state index contributed by atoms with van der Waals surface area (Å²) in [7, 11) is 0. The number of rotatable bonds is 4. The minimum absolute atomic E-state index is 0.0186. The monoisotopic (exact) mass is 267 g/mol. The van der Waals surface area contributed by atoms with Crippen molar-refractivity contribution in [1.29, 1.82) is 0 Å². The molecule has 2 fully saturated rings. The van der Waals surface area contributed by atoms with Crippen LogP contribution in [0.4, 0.5) is 4.79 Å². The number of urea groups is 1. The maximum Gasteiger partial charge on any atom is 0.325 e. The molecule has 0 unspecified atom stereocenters. The molecule has 3 amide bonds. The van der Waals surface area contributed by atoms with E-state index in [1.165, 1.54) is 4.90 Å². The van der Waals surface area contributed by atoms with E-state index in [2.05, 4.69) is 31.4 Å². The van der Waals surface area contributed by atoms with Crippen LogP contribution in [0.25, 0.3) is 0 Å². The lowest BCUT2D eigenvalue weighted by atomic mass is 9.77. The normalized spacial score (nSPS) is 31.4. The molecule has 1 saturated heterocycles. The average Bonchev–Trinajstić information content (AvgIpc) is 2.57. The lowest BCUT2D eigenvalue weighted by molar-refractivity contribution is -0.132. The Labute approximate surface area is 115 Å².